The Bertz CT molecular complexity index is 534. The van der Waals surface area contributed by atoms with E-state index < -0.39 is 0 Å². The van der Waals surface area contributed by atoms with Gasteiger partial charge in [-0.25, -0.2) is 4.98 Å². The fourth-order valence-corrected chi connectivity index (χ4v) is 1.82. The van der Waals surface area contributed by atoms with Crippen molar-refractivity contribution in [1.29, 1.82) is 0 Å². The van der Waals surface area contributed by atoms with Gasteiger partial charge in [-0.15, -0.1) is 0 Å². The van der Waals surface area contributed by atoms with Gasteiger partial charge in [0.1, 0.15) is 5.75 Å². The van der Waals surface area contributed by atoms with Crippen LogP contribution in [-0.4, -0.2) is 28.8 Å². The topological polar surface area (TPSA) is 53.3 Å². The zero-order valence-electron chi connectivity index (χ0n) is 10.9. The number of imidazole rings is 1. The van der Waals surface area contributed by atoms with Gasteiger partial charge in [0.15, 0.2) is 0 Å². The van der Waals surface area contributed by atoms with Gasteiger partial charge in [-0.05, 0) is 12.1 Å². The molecule has 0 bridgehead atoms. The van der Waals surface area contributed by atoms with Crippen molar-refractivity contribution in [3.63, 3.8) is 0 Å². The van der Waals surface area contributed by atoms with E-state index in [4.69, 9.17) is 0 Å². The quantitative estimate of drug-likeness (QED) is 0.863. The van der Waals surface area contributed by atoms with Gasteiger partial charge in [-0.1, -0.05) is 6.07 Å². The molecule has 0 saturated heterocycles. The highest BCUT2D eigenvalue weighted by Crippen LogP contribution is 2.17. The lowest BCUT2D eigenvalue weighted by atomic mass is 10.3. The van der Waals surface area contributed by atoms with E-state index in [0.29, 0.717) is 6.54 Å². The number of benzene rings is 1. The minimum atomic E-state index is 0.263. The number of phenols is 1. The summed E-state index contributed by atoms with van der Waals surface area (Å²) in [5.41, 5.74) is 1.98. The molecular weight excluding hydrogens is 228 g/mol. The highest BCUT2D eigenvalue weighted by atomic mass is 16.3. The summed E-state index contributed by atoms with van der Waals surface area (Å²) in [6, 6.07) is 7.08. The van der Waals surface area contributed by atoms with Gasteiger partial charge in [-0.3, -0.25) is 0 Å². The van der Waals surface area contributed by atoms with Crippen LogP contribution in [0.25, 0.3) is 0 Å². The molecule has 1 aromatic heterocycles. The van der Waals surface area contributed by atoms with Crippen molar-refractivity contribution >= 4 is 11.6 Å². The molecule has 5 heteroatoms. The third kappa shape index (κ3) is 2.56. The summed E-state index contributed by atoms with van der Waals surface area (Å²) in [6.07, 6.45) is 1.85. The van der Waals surface area contributed by atoms with Gasteiger partial charge in [0.25, 0.3) is 0 Å². The summed E-state index contributed by atoms with van der Waals surface area (Å²) in [5, 5.41) is 12.6. The smallest absolute Gasteiger partial charge is 0.204 e. The minimum absolute atomic E-state index is 0.263. The number of rotatable bonds is 4. The van der Waals surface area contributed by atoms with Gasteiger partial charge in [0, 0.05) is 32.9 Å². The molecule has 96 valence electrons. The summed E-state index contributed by atoms with van der Waals surface area (Å²) in [7, 11) is 5.92. The summed E-state index contributed by atoms with van der Waals surface area (Å²) in [5.74, 6) is 1.18. The van der Waals surface area contributed by atoms with Crippen molar-refractivity contribution in [3.05, 3.63) is 36.2 Å². The Morgan fingerprint density at radius 3 is 2.78 bits per heavy atom. The van der Waals surface area contributed by atoms with Gasteiger partial charge >= 0.3 is 0 Å². The van der Waals surface area contributed by atoms with Crippen molar-refractivity contribution in [3.8, 4) is 5.75 Å². The Morgan fingerprint density at radius 1 is 1.39 bits per heavy atom. The summed E-state index contributed by atoms with van der Waals surface area (Å²) < 4.78 is 2.04. The van der Waals surface area contributed by atoms with Gasteiger partial charge in [0.05, 0.1) is 18.4 Å². The van der Waals surface area contributed by atoms with Gasteiger partial charge in [-0.2, -0.15) is 0 Å². The lowest BCUT2D eigenvalue weighted by molar-refractivity contribution is 0.475. The summed E-state index contributed by atoms with van der Waals surface area (Å²) in [6.45, 7) is 0.667. The molecule has 2 aromatic rings. The summed E-state index contributed by atoms with van der Waals surface area (Å²) >= 11 is 0. The van der Waals surface area contributed by atoms with E-state index in [2.05, 4.69) is 10.3 Å². The van der Waals surface area contributed by atoms with E-state index in [9.17, 15) is 5.11 Å². The Balaban J connectivity index is 2.07. The molecule has 0 amide bonds. The van der Waals surface area contributed by atoms with Crippen LogP contribution in [0.5, 0.6) is 5.75 Å². The average molecular weight is 246 g/mol. The molecule has 0 aliphatic heterocycles. The molecule has 2 N–H and O–H groups in total. The lowest BCUT2D eigenvalue weighted by Crippen LogP contribution is -2.15. The minimum Gasteiger partial charge on any atom is -0.508 e. The van der Waals surface area contributed by atoms with Crippen molar-refractivity contribution in [1.82, 2.24) is 9.55 Å². The SMILES string of the molecule is CN(C)c1ncc(CNc2cccc(O)c2)n1C. The van der Waals surface area contributed by atoms with Crippen LogP contribution in [0.3, 0.4) is 0 Å². The molecule has 0 radical (unpaired) electrons. The molecule has 5 nitrogen and oxygen atoms in total. The van der Waals surface area contributed by atoms with E-state index in [1.807, 2.05) is 48.9 Å². The highest BCUT2D eigenvalue weighted by molar-refractivity contribution is 5.48. The molecule has 0 aliphatic carbocycles. The van der Waals surface area contributed by atoms with Crippen LogP contribution in [0, 0.1) is 0 Å². The van der Waals surface area contributed by atoms with Crippen LogP contribution in [0.15, 0.2) is 30.5 Å². The summed E-state index contributed by atoms with van der Waals surface area (Å²) in [4.78, 5) is 6.31. The third-order valence-electron chi connectivity index (χ3n) is 2.78. The van der Waals surface area contributed by atoms with Crippen molar-refractivity contribution in [2.75, 3.05) is 24.3 Å². The maximum absolute atomic E-state index is 9.38. The number of aromatic hydroxyl groups is 1. The molecule has 0 aliphatic rings. The fraction of sp³-hybridized carbons (Fsp3) is 0.308. The van der Waals surface area contributed by atoms with E-state index in [1.54, 1.807) is 12.1 Å². The molecule has 18 heavy (non-hydrogen) atoms. The Kier molecular flexibility index (Phi) is 3.41. The second-order valence-electron chi connectivity index (χ2n) is 4.41. The zero-order valence-corrected chi connectivity index (χ0v) is 10.9. The standard InChI is InChI=1S/C13H18N4O/c1-16(2)13-15-9-11(17(13)3)8-14-10-5-4-6-12(18)7-10/h4-7,9,14,18H,8H2,1-3H3. The second-order valence-corrected chi connectivity index (χ2v) is 4.41. The molecule has 0 fully saturated rings. The van der Waals surface area contributed by atoms with Crippen LogP contribution in [0.1, 0.15) is 5.69 Å². The van der Waals surface area contributed by atoms with E-state index in [1.165, 1.54) is 0 Å². The van der Waals surface area contributed by atoms with Crippen molar-refractivity contribution in [2.24, 2.45) is 7.05 Å². The number of hydrogen-bond donors (Lipinski definition) is 2. The molecular formula is C13H18N4O. The number of nitrogens with one attached hydrogen (secondary N) is 1. The lowest BCUT2D eigenvalue weighted by Gasteiger charge is -2.13. The highest BCUT2D eigenvalue weighted by Gasteiger charge is 2.07. The maximum atomic E-state index is 9.38. The average Bonchev–Trinajstić information content (AvgIpc) is 2.68. The molecule has 0 saturated carbocycles. The van der Waals surface area contributed by atoms with E-state index >= 15 is 0 Å². The van der Waals surface area contributed by atoms with Crippen LogP contribution in [0.4, 0.5) is 11.6 Å². The number of hydrogen-bond acceptors (Lipinski definition) is 4. The Morgan fingerprint density at radius 2 is 2.17 bits per heavy atom. The van der Waals surface area contributed by atoms with Gasteiger partial charge in [0.2, 0.25) is 5.95 Å². The van der Waals surface area contributed by atoms with Crippen molar-refractivity contribution in [2.45, 2.75) is 6.54 Å². The second kappa shape index (κ2) is 5.00. The van der Waals surface area contributed by atoms with E-state index in [0.717, 1.165) is 17.3 Å². The fourth-order valence-electron chi connectivity index (χ4n) is 1.82. The molecule has 0 unspecified atom stereocenters. The molecule has 1 aromatic carbocycles. The zero-order chi connectivity index (χ0) is 13.1. The molecule has 0 atom stereocenters. The Hall–Kier alpha value is -2.17. The molecule has 0 spiro atoms. The molecule has 1 heterocycles. The number of nitrogens with zero attached hydrogens (tertiary/aromatic N) is 3. The third-order valence-corrected chi connectivity index (χ3v) is 2.78. The molecule has 2 rings (SSSR count). The largest absolute Gasteiger partial charge is 0.508 e. The van der Waals surface area contributed by atoms with Crippen LogP contribution in [0.2, 0.25) is 0 Å². The van der Waals surface area contributed by atoms with Crippen LogP contribution < -0.4 is 10.2 Å². The number of anilines is 2. The first kappa shape index (κ1) is 12.3. The van der Waals surface area contributed by atoms with Crippen LogP contribution >= 0.6 is 0 Å². The number of phenolic OH excluding ortho intramolecular Hbond substituents is 1. The first-order chi connectivity index (χ1) is 8.58. The monoisotopic (exact) mass is 246 g/mol. The predicted molar refractivity (Wildman–Crippen MR) is 73.0 cm³/mol. The normalized spacial score (nSPS) is 10.4. The first-order valence-corrected chi connectivity index (χ1v) is 5.79. The first-order valence-electron chi connectivity index (χ1n) is 5.79. The Labute approximate surface area is 107 Å². The predicted octanol–water partition coefficient (Wildman–Crippen LogP) is 1.80. The van der Waals surface area contributed by atoms with Gasteiger partial charge < -0.3 is 19.9 Å². The van der Waals surface area contributed by atoms with Crippen molar-refractivity contribution < 1.29 is 5.11 Å². The number of aromatic nitrogens is 2. The van der Waals surface area contributed by atoms with Crippen LogP contribution in [-0.2, 0) is 13.6 Å². The van der Waals surface area contributed by atoms with E-state index in [-0.39, 0.29) is 5.75 Å². The maximum Gasteiger partial charge on any atom is 0.204 e.